The monoisotopic (exact) mass is 232 g/mol. The van der Waals surface area contributed by atoms with Crippen LogP contribution in [0.15, 0.2) is 4.99 Å². The van der Waals surface area contributed by atoms with Crippen LogP contribution in [0.25, 0.3) is 0 Å². The molecule has 1 aliphatic rings. The minimum atomic E-state index is -2.58. The van der Waals surface area contributed by atoms with E-state index in [0.29, 0.717) is 0 Å². The van der Waals surface area contributed by atoms with Crippen LogP contribution < -0.4 is 0 Å². The molecule has 0 aliphatic carbocycles. The van der Waals surface area contributed by atoms with Crippen molar-refractivity contribution in [1.29, 1.82) is 0 Å². The highest BCUT2D eigenvalue weighted by atomic mass is 28.4. The Morgan fingerprint density at radius 2 is 1.93 bits per heavy atom. The highest BCUT2D eigenvalue weighted by Gasteiger charge is 2.49. The molecule has 1 heterocycles. The molecule has 0 radical (unpaired) electrons. The molecule has 1 rings (SSSR count). The van der Waals surface area contributed by atoms with Gasteiger partial charge < -0.3 is 18.2 Å². The van der Waals surface area contributed by atoms with Crippen LogP contribution in [0.2, 0.25) is 0 Å². The van der Waals surface area contributed by atoms with Crippen molar-refractivity contribution >= 4 is 15.1 Å². The van der Waals surface area contributed by atoms with E-state index in [1.165, 1.54) is 0 Å². The van der Waals surface area contributed by atoms with Crippen molar-refractivity contribution in [3.63, 3.8) is 0 Å². The molecule has 0 aromatic carbocycles. The van der Waals surface area contributed by atoms with Gasteiger partial charge in [-0.05, 0) is 6.42 Å². The molecule has 0 amide bonds. The lowest BCUT2D eigenvalue weighted by molar-refractivity contribution is 0.0924. The Morgan fingerprint density at radius 3 is 2.27 bits per heavy atom. The first-order valence-electron chi connectivity index (χ1n) is 5.15. The SMILES string of the molecule is CCC(N1C=NCC1)[Si](OC)(OC)OC. The Kier molecular flexibility index (Phi) is 4.71. The minimum absolute atomic E-state index is 0.156. The molecule has 0 aromatic rings. The Bertz CT molecular complexity index is 213. The zero-order valence-corrected chi connectivity index (χ0v) is 10.9. The first kappa shape index (κ1) is 12.6. The molecular formula is C9H20N2O3Si. The van der Waals surface area contributed by atoms with E-state index in [9.17, 15) is 0 Å². The summed E-state index contributed by atoms with van der Waals surface area (Å²) >= 11 is 0. The van der Waals surface area contributed by atoms with E-state index in [4.69, 9.17) is 13.3 Å². The second-order valence-corrected chi connectivity index (χ2v) is 6.50. The Labute approximate surface area is 92.4 Å². The molecule has 0 N–H and O–H groups in total. The first-order valence-corrected chi connectivity index (χ1v) is 6.95. The van der Waals surface area contributed by atoms with Crippen molar-refractivity contribution in [3.8, 4) is 0 Å². The molecular weight excluding hydrogens is 212 g/mol. The van der Waals surface area contributed by atoms with Crippen LogP contribution in [-0.2, 0) is 13.3 Å². The Hall–Kier alpha value is -0.433. The summed E-state index contributed by atoms with van der Waals surface area (Å²) in [4.78, 5) is 6.36. The predicted octanol–water partition coefficient (Wildman–Crippen LogP) is 0.526. The lowest BCUT2D eigenvalue weighted by Gasteiger charge is -2.36. The zero-order valence-electron chi connectivity index (χ0n) is 9.90. The lowest BCUT2D eigenvalue weighted by atomic mass is 10.4. The number of hydrogen-bond donors (Lipinski definition) is 0. The molecule has 0 saturated heterocycles. The quantitative estimate of drug-likeness (QED) is 0.626. The van der Waals surface area contributed by atoms with Crippen molar-refractivity contribution in [2.45, 2.75) is 19.0 Å². The van der Waals surface area contributed by atoms with Gasteiger partial charge in [-0.2, -0.15) is 0 Å². The third-order valence-corrected chi connectivity index (χ3v) is 6.03. The van der Waals surface area contributed by atoms with Crippen molar-refractivity contribution in [1.82, 2.24) is 4.90 Å². The summed E-state index contributed by atoms with van der Waals surface area (Å²) in [5.41, 5.74) is 0.156. The summed E-state index contributed by atoms with van der Waals surface area (Å²) in [6.07, 6.45) is 2.79. The molecule has 0 aromatic heterocycles. The van der Waals surface area contributed by atoms with Crippen molar-refractivity contribution < 1.29 is 13.3 Å². The maximum absolute atomic E-state index is 5.49. The normalized spacial score (nSPS) is 18.5. The third kappa shape index (κ3) is 2.39. The third-order valence-electron chi connectivity index (χ3n) is 2.77. The van der Waals surface area contributed by atoms with Gasteiger partial charge in [0.25, 0.3) is 0 Å². The zero-order chi connectivity index (χ0) is 11.3. The van der Waals surface area contributed by atoms with Gasteiger partial charge in [0.05, 0.1) is 18.5 Å². The van der Waals surface area contributed by atoms with Crippen molar-refractivity contribution in [2.24, 2.45) is 4.99 Å². The van der Waals surface area contributed by atoms with Crippen LogP contribution in [0.1, 0.15) is 13.3 Å². The molecule has 6 heteroatoms. The standard InChI is InChI=1S/C9H20N2O3Si/c1-5-9(11-7-6-10-8-11)15(12-2,13-3)14-4/h8-9H,5-7H2,1-4H3. The van der Waals surface area contributed by atoms with Gasteiger partial charge in [0, 0.05) is 27.9 Å². The molecule has 0 saturated carbocycles. The predicted molar refractivity (Wildman–Crippen MR) is 60.9 cm³/mol. The number of rotatable bonds is 6. The molecule has 5 nitrogen and oxygen atoms in total. The van der Waals surface area contributed by atoms with Gasteiger partial charge >= 0.3 is 8.80 Å². The summed E-state index contributed by atoms with van der Waals surface area (Å²) in [6.45, 7) is 3.87. The summed E-state index contributed by atoms with van der Waals surface area (Å²) < 4.78 is 16.5. The lowest BCUT2D eigenvalue weighted by Crippen LogP contribution is -2.60. The van der Waals surface area contributed by atoms with E-state index < -0.39 is 8.80 Å². The first-order chi connectivity index (χ1) is 7.24. The summed E-state index contributed by atoms with van der Waals surface area (Å²) in [5.74, 6) is 0. The second-order valence-electron chi connectivity index (χ2n) is 3.40. The van der Waals surface area contributed by atoms with Crippen molar-refractivity contribution in [3.05, 3.63) is 0 Å². The fourth-order valence-corrected chi connectivity index (χ4v) is 4.39. The second kappa shape index (κ2) is 5.60. The highest BCUT2D eigenvalue weighted by molar-refractivity contribution is 6.62. The Balaban J connectivity index is 2.81. The number of aliphatic imine (C=N–C) groups is 1. The van der Waals surface area contributed by atoms with E-state index in [1.54, 1.807) is 21.3 Å². The molecule has 1 aliphatic heterocycles. The fourth-order valence-electron chi connectivity index (χ4n) is 1.98. The van der Waals surface area contributed by atoms with Gasteiger partial charge in [-0.15, -0.1) is 0 Å². The van der Waals surface area contributed by atoms with E-state index in [-0.39, 0.29) is 5.67 Å². The topological polar surface area (TPSA) is 43.3 Å². The van der Waals surface area contributed by atoms with Gasteiger partial charge in [-0.3, -0.25) is 4.99 Å². The molecule has 88 valence electrons. The average Bonchev–Trinajstić information content (AvgIpc) is 2.79. The maximum atomic E-state index is 5.49. The minimum Gasteiger partial charge on any atom is -0.376 e. The molecule has 0 fully saturated rings. The largest absolute Gasteiger partial charge is 0.523 e. The van der Waals surface area contributed by atoms with E-state index >= 15 is 0 Å². The molecule has 1 unspecified atom stereocenters. The van der Waals surface area contributed by atoms with E-state index in [0.717, 1.165) is 19.5 Å². The van der Waals surface area contributed by atoms with Crippen LogP contribution in [-0.4, -0.2) is 60.1 Å². The maximum Gasteiger partial charge on any atom is 0.523 e. The van der Waals surface area contributed by atoms with Gasteiger partial charge in [-0.1, -0.05) is 6.92 Å². The van der Waals surface area contributed by atoms with Crippen LogP contribution in [0, 0.1) is 0 Å². The van der Waals surface area contributed by atoms with E-state index in [1.807, 2.05) is 6.34 Å². The molecule has 1 atom stereocenters. The van der Waals surface area contributed by atoms with Gasteiger partial charge in [0.1, 0.15) is 0 Å². The van der Waals surface area contributed by atoms with Gasteiger partial charge in [0.15, 0.2) is 0 Å². The van der Waals surface area contributed by atoms with Crippen LogP contribution in [0.3, 0.4) is 0 Å². The Morgan fingerprint density at radius 1 is 1.33 bits per heavy atom. The average molecular weight is 232 g/mol. The molecule has 0 bridgehead atoms. The van der Waals surface area contributed by atoms with E-state index in [2.05, 4.69) is 16.8 Å². The van der Waals surface area contributed by atoms with Crippen LogP contribution in [0.5, 0.6) is 0 Å². The number of hydrogen-bond acceptors (Lipinski definition) is 5. The van der Waals surface area contributed by atoms with Crippen LogP contribution >= 0.6 is 0 Å². The highest BCUT2D eigenvalue weighted by Crippen LogP contribution is 2.20. The van der Waals surface area contributed by atoms with Crippen molar-refractivity contribution in [2.75, 3.05) is 34.4 Å². The summed E-state index contributed by atoms with van der Waals surface area (Å²) in [6, 6.07) is 0. The van der Waals surface area contributed by atoms with Gasteiger partial charge in [-0.25, -0.2) is 0 Å². The van der Waals surface area contributed by atoms with Crippen LogP contribution in [0.4, 0.5) is 0 Å². The molecule has 15 heavy (non-hydrogen) atoms. The smallest absolute Gasteiger partial charge is 0.376 e. The number of nitrogens with zero attached hydrogens (tertiary/aromatic N) is 2. The van der Waals surface area contributed by atoms with Gasteiger partial charge in [0.2, 0.25) is 0 Å². The summed E-state index contributed by atoms with van der Waals surface area (Å²) in [5, 5.41) is 0. The summed E-state index contributed by atoms with van der Waals surface area (Å²) in [7, 11) is 2.37. The fraction of sp³-hybridized carbons (Fsp3) is 0.889. The molecule has 0 spiro atoms.